The number of aromatic amines is 1. The second-order valence-electron chi connectivity index (χ2n) is 2.64. The molecule has 0 spiro atoms. The average Bonchev–Trinajstić information content (AvgIpc) is 2.72. The molecule has 0 fully saturated rings. The highest BCUT2D eigenvalue weighted by molar-refractivity contribution is 5.93. The molecule has 0 aromatic carbocycles. The lowest BCUT2D eigenvalue weighted by atomic mass is 10.4. The lowest BCUT2D eigenvalue weighted by Crippen LogP contribution is -2.12. The molecular weight excluding hydrogens is 168 g/mol. The van der Waals surface area contributed by atoms with Gasteiger partial charge in [0.15, 0.2) is 0 Å². The van der Waals surface area contributed by atoms with Gasteiger partial charge in [-0.05, 0) is 13.0 Å². The van der Waals surface area contributed by atoms with Gasteiger partial charge in [-0.15, -0.1) is 0 Å². The highest BCUT2D eigenvalue weighted by Gasteiger charge is 2.09. The van der Waals surface area contributed by atoms with E-state index in [0.717, 1.165) is 5.82 Å². The fourth-order valence-corrected chi connectivity index (χ4v) is 1.04. The third-order valence-electron chi connectivity index (χ3n) is 1.65. The van der Waals surface area contributed by atoms with E-state index in [2.05, 4.69) is 15.1 Å². The summed E-state index contributed by atoms with van der Waals surface area (Å²) in [5, 5.41) is 3.82. The van der Waals surface area contributed by atoms with Crippen LogP contribution in [0.4, 0.5) is 0 Å². The van der Waals surface area contributed by atoms with Gasteiger partial charge in [-0.3, -0.25) is 4.79 Å². The minimum absolute atomic E-state index is 0.203. The topological polar surface area (TPSA) is 63.6 Å². The Hall–Kier alpha value is -1.91. The van der Waals surface area contributed by atoms with Crippen molar-refractivity contribution in [2.75, 3.05) is 0 Å². The van der Waals surface area contributed by atoms with Crippen LogP contribution in [0.2, 0.25) is 0 Å². The molecule has 0 saturated carbocycles. The van der Waals surface area contributed by atoms with Gasteiger partial charge in [-0.25, -0.2) is 9.67 Å². The average molecular weight is 176 g/mol. The third-order valence-corrected chi connectivity index (χ3v) is 1.65. The minimum Gasteiger partial charge on any atom is -0.338 e. The number of hydrogen-bond acceptors (Lipinski definition) is 3. The van der Waals surface area contributed by atoms with E-state index < -0.39 is 0 Å². The summed E-state index contributed by atoms with van der Waals surface area (Å²) in [6.07, 6.45) is 4.65. The molecule has 0 radical (unpaired) electrons. The first-order chi connectivity index (χ1) is 6.27. The molecule has 2 aromatic rings. The van der Waals surface area contributed by atoms with Gasteiger partial charge in [0.25, 0.3) is 5.91 Å². The zero-order valence-corrected chi connectivity index (χ0v) is 7.06. The molecule has 0 aliphatic heterocycles. The molecule has 5 heteroatoms. The maximum Gasteiger partial charge on any atom is 0.296 e. The van der Waals surface area contributed by atoms with Crippen molar-refractivity contribution in [3.05, 3.63) is 36.2 Å². The first-order valence-electron chi connectivity index (χ1n) is 3.83. The molecule has 1 N–H and O–H groups in total. The molecule has 0 saturated heterocycles. The van der Waals surface area contributed by atoms with Crippen LogP contribution < -0.4 is 0 Å². The van der Waals surface area contributed by atoms with Gasteiger partial charge in [-0.2, -0.15) is 5.10 Å². The van der Waals surface area contributed by atoms with E-state index in [1.165, 1.54) is 10.9 Å². The number of rotatable bonds is 1. The number of H-pyrrole nitrogens is 1. The zero-order chi connectivity index (χ0) is 9.26. The van der Waals surface area contributed by atoms with E-state index >= 15 is 0 Å². The van der Waals surface area contributed by atoms with E-state index in [4.69, 9.17) is 0 Å². The maximum atomic E-state index is 11.5. The van der Waals surface area contributed by atoms with Crippen molar-refractivity contribution in [1.82, 2.24) is 19.7 Å². The summed E-state index contributed by atoms with van der Waals surface area (Å²) in [6.45, 7) is 1.79. The fraction of sp³-hybridized carbons (Fsp3) is 0.125. The Morgan fingerprint density at radius 2 is 2.46 bits per heavy atom. The first-order valence-corrected chi connectivity index (χ1v) is 3.83. The van der Waals surface area contributed by atoms with Crippen LogP contribution in [-0.4, -0.2) is 25.7 Å². The molecule has 0 aliphatic carbocycles. The molecule has 0 aliphatic rings. The van der Waals surface area contributed by atoms with Crippen molar-refractivity contribution >= 4 is 5.91 Å². The molecule has 2 heterocycles. The molecule has 0 atom stereocenters. The summed E-state index contributed by atoms with van der Waals surface area (Å²) in [5.41, 5.74) is 0.446. The number of aryl methyl sites for hydroxylation is 1. The van der Waals surface area contributed by atoms with Crippen molar-refractivity contribution < 1.29 is 4.79 Å². The van der Waals surface area contributed by atoms with Crippen molar-refractivity contribution in [3.63, 3.8) is 0 Å². The molecule has 13 heavy (non-hydrogen) atoms. The number of carbonyl (C=O) groups excluding carboxylic acids is 1. The Balaban J connectivity index is 2.33. The SMILES string of the molecule is Cc1ncc(C(=O)n2cccn2)[nH]1. The Kier molecular flexibility index (Phi) is 1.70. The molecule has 0 bridgehead atoms. The molecule has 0 amide bonds. The van der Waals surface area contributed by atoms with Crippen LogP contribution in [0.25, 0.3) is 0 Å². The lowest BCUT2D eigenvalue weighted by molar-refractivity contribution is 0.0940. The van der Waals surface area contributed by atoms with Gasteiger partial charge in [-0.1, -0.05) is 0 Å². The monoisotopic (exact) mass is 176 g/mol. The molecular formula is C8H8N4O. The summed E-state index contributed by atoms with van der Waals surface area (Å²) in [5.74, 6) is 0.515. The van der Waals surface area contributed by atoms with Crippen LogP contribution in [0.3, 0.4) is 0 Å². The largest absolute Gasteiger partial charge is 0.338 e. The van der Waals surface area contributed by atoms with E-state index in [0.29, 0.717) is 5.69 Å². The van der Waals surface area contributed by atoms with Gasteiger partial charge in [0, 0.05) is 12.4 Å². The molecule has 5 nitrogen and oxygen atoms in total. The maximum absolute atomic E-state index is 11.5. The third kappa shape index (κ3) is 1.35. The van der Waals surface area contributed by atoms with Crippen LogP contribution in [0, 0.1) is 6.92 Å². The van der Waals surface area contributed by atoms with E-state index in [1.807, 2.05) is 0 Å². The summed E-state index contributed by atoms with van der Waals surface area (Å²) in [6, 6.07) is 1.70. The summed E-state index contributed by atoms with van der Waals surface area (Å²) < 4.78 is 1.26. The van der Waals surface area contributed by atoms with Crippen LogP contribution in [0.5, 0.6) is 0 Å². The number of nitrogens with one attached hydrogen (secondary N) is 1. The lowest BCUT2D eigenvalue weighted by Gasteiger charge is -1.94. The number of imidazole rings is 1. The van der Waals surface area contributed by atoms with Gasteiger partial charge < -0.3 is 4.98 Å². The second-order valence-corrected chi connectivity index (χ2v) is 2.64. The quantitative estimate of drug-likeness (QED) is 0.692. The van der Waals surface area contributed by atoms with Crippen LogP contribution in [-0.2, 0) is 0 Å². The number of aromatic nitrogens is 4. The van der Waals surface area contributed by atoms with Gasteiger partial charge in [0.2, 0.25) is 0 Å². The Labute approximate surface area is 74.4 Å². The van der Waals surface area contributed by atoms with Crippen molar-refractivity contribution in [2.45, 2.75) is 6.92 Å². The Morgan fingerprint density at radius 3 is 3.00 bits per heavy atom. The first kappa shape index (κ1) is 7.72. The molecule has 2 rings (SSSR count). The smallest absolute Gasteiger partial charge is 0.296 e. The van der Waals surface area contributed by atoms with Crippen LogP contribution >= 0.6 is 0 Å². The van der Waals surface area contributed by atoms with E-state index in [1.54, 1.807) is 25.4 Å². The van der Waals surface area contributed by atoms with E-state index in [-0.39, 0.29) is 5.91 Å². The van der Waals surface area contributed by atoms with Crippen LogP contribution in [0.1, 0.15) is 16.3 Å². The number of hydrogen-bond donors (Lipinski definition) is 1. The zero-order valence-electron chi connectivity index (χ0n) is 7.06. The highest BCUT2D eigenvalue weighted by atomic mass is 16.2. The van der Waals surface area contributed by atoms with Crippen molar-refractivity contribution in [1.29, 1.82) is 0 Å². The summed E-state index contributed by atoms with van der Waals surface area (Å²) in [4.78, 5) is 18.3. The molecule has 66 valence electrons. The Bertz CT molecular complexity index is 415. The second kappa shape index (κ2) is 2.85. The standard InChI is InChI=1S/C8H8N4O/c1-6-9-5-7(11-6)8(13)12-4-2-3-10-12/h2-5H,1H3,(H,9,11). The molecule has 0 unspecified atom stereocenters. The van der Waals surface area contributed by atoms with Crippen LogP contribution in [0.15, 0.2) is 24.7 Å². The summed E-state index contributed by atoms with van der Waals surface area (Å²) >= 11 is 0. The normalized spacial score (nSPS) is 10.2. The fourth-order valence-electron chi connectivity index (χ4n) is 1.04. The summed E-state index contributed by atoms with van der Waals surface area (Å²) in [7, 11) is 0. The van der Waals surface area contributed by atoms with E-state index in [9.17, 15) is 4.79 Å². The Morgan fingerprint density at radius 1 is 1.62 bits per heavy atom. The van der Waals surface area contributed by atoms with Crippen molar-refractivity contribution in [2.24, 2.45) is 0 Å². The number of nitrogens with zero attached hydrogens (tertiary/aromatic N) is 3. The minimum atomic E-state index is -0.203. The van der Waals surface area contributed by atoms with Gasteiger partial charge >= 0.3 is 0 Å². The predicted octanol–water partition coefficient (Wildman–Crippen LogP) is 0.603. The highest BCUT2D eigenvalue weighted by Crippen LogP contribution is 1.98. The van der Waals surface area contributed by atoms with Crippen molar-refractivity contribution in [3.8, 4) is 0 Å². The van der Waals surface area contributed by atoms with Gasteiger partial charge in [0.05, 0.1) is 6.20 Å². The predicted molar refractivity (Wildman–Crippen MR) is 45.3 cm³/mol. The molecule has 2 aromatic heterocycles. The van der Waals surface area contributed by atoms with Gasteiger partial charge in [0.1, 0.15) is 11.5 Å². The number of carbonyl (C=O) groups is 1.